The summed E-state index contributed by atoms with van der Waals surface area (Å²) in [5.41, 5.74) is 2.55. The number of rotatable bonds is 5. The van der Waals surface area contributed by atoms with E-state index < -0.39 is 76.5 Å². The predicted molar refractivity (Wildman–Crippen MR) is 114 cm³/mol. The number of Topliss-reactive ketones (excluding diaryl/α,β-unsaturated/α-hetero) is 4. The number of phenolic OH excluding ortho intramolecular Hbond substituents is 1. The Bertz CT molecular complexity index is 1140. The molecule has 0 spiro atoms. The van der Waals surface area contributed by atoms with Gasteiger partial charge in [0.1, 0.15) is 5.75 Å². The third kappa shape index (κ3) is 3.35. The Balaban J connectivity index is 1.75. The minimum Gasteiger partial charge on any atom is -0.507 e. The van der Waals surface area contributed by atoms with Gasteiger partial charge < -0.3 is 20.7 Å². The predicted octanol–water partition coefficient (Wildman–Crippen LogP) is 0.284. The first-order valence-electron chi connectivity index (χ1n) is 11.2. The van der Waals surface area contributed by atoms with Crippen molar-refractivity contribution in [2.45, 2.75) is 44.6 Å². The number of nitrogens with two attached hydrogens (primary N) is 1. The fourth-order valence-corrected chi connectivity index (χ4v) is 5.55. The second-order valence-electron chi connectivity index (χ2n) is 9.21. The number of esters is 1. The molecule has 0 radical (unpaired) electrons. The van der Waals surface area contributed by atoms with Crippen LogP contribution in [0.3, 0.4) is 0 Å². The number of phenols is 1. The highest BCUT2D eigenvalue weighted by molar-refractivity contribution is 6.31. The molecular weight excluding hydrogens is 446 g/mol. The van der Waals surface area contributed by atoms with E-state index in [-0.39, 0.29) is 36.1 Å². The van der Waals surface area contributed by atoms with Crippen LogP contribution in [-0.4, -0.2) is 57.4 Å². The van der Waals surface area contributed by atoms with Crippen molar-refractivity contribution in [1.82, 2.24) is 0 Å². The molecule has 10 nitrogen and oxygen atoms in total. The molecule has 1 aromatic rings. The van der Waals surface area contributed by atoms with Crippen molar-refractivity contribution in [1.29, 1.82) is 0 Å². The summed E-state index contributed by atoms with van der Waals surface area (Å²) >= 11 is 0. The Morgan fingerprint density at radius 1 is 1.15 bits per heavy atom. The van der Waals surface area contributed by atoms with Crippen molar-refractivity contribution in [3.05, 3.63) is 28.8 Å². The summed E-state index contributed by atoms with van der Waals surface area (Å²) in [5.74, 6) is -11.7. The molecule has 1 aromatic carbocycles. The lowest BCUT2D eigenvalue weighted by Gasteiger charge is -2.48. The average Bonchev–Trinajstić information content (AvgIpc) is 2.76. The van der Waals surface area contributed by atoms with Crippen molar-refractivity contribution in [2.24, 2.45) is 29.4 Å². The van der Waals surface area contributed by atoms with Crippen molar-refractivity contribution in [3.8, 4) is 5.75 Å². The standard InChI is InChI=1S/C24H25NO9/c1-2-3-6-34-23(32)12-4-5-14(26)17-13(12)8-10-7-11-9-15(27)18(22(25)31)21(30)24(11,33)20(29)16(10)19(17)28/h4-5,10-11,16,18,26,33H,2-3,6-9H2,1H3,(H2,25,31)/t10-,11+,16?,18?,24?/m1/s1. The summed E-state index contributed by atoms with van der Waals surface area (Å²) in [6.45, 7) is 2.12. The Morgan fingerprint density at radius 3 is 2.50 bits per heavy atom. The number of ether oxygens (including phenoxy) is 1. The smallest absolute Gasteiger partial charge is 0.338 e. The number of benzene rings is 1. The minimum absolute atomic E-state index is 0.0261. The molecule has 34 heavy (non-hydrogen) atoms. The van der Waals surface area contributed by atoms with Gasteiger partial charge in [0.25, 0.3) is 0 Å². The summed E-state index contributed by atoms with van der Waals surface area (Å²) in [6.07, 6.45) is 1.03. The number of hydrogen-bond acceptors (Lipinski definition) is 9. The fraction of sp³-hybridized carbons (Fsp3) is 0.500. The molecular formula is C24H25NO9. The van der Waals surface area contributed by atoms with Crippen LogP contribution in [0, 0.1) is 23.7 Å². The zero-order valence-corrected chi connectivity index (χ0v) is 18.5. The number of carbonyl (C=O) groups is 6. The van der Waals surface area contributed by atoms with Gasteiger partial charge in [0.15, 0.2) is 34.7 Å². The first kappa shape index (κ1) is 23.7. The molecule has 10 heteroatoms. The van der Waals surface area contributed by atoms with Gasteiger partial charge in [0, 0.05) is 12.3 Å². The van der Waals surface area contributed by atoms with E-state index in [1.807, 2.05) is 6.92 Å². The molecule has 1 amide bonds. The van der Waals surface area contributed by atoms with Crippen molar-refractivity contribution in [2.75, 3.05) is 6.61 Å². The van der Waals surface area contributed by atoms with Gasteiger partial charge in [0.05, 0.1) is 23.7 Å². The number of amides is 1. The zero-order valence-electron chi connectivity index (χ0n) is 18.5. The van der Waals surface area contributed by atoms with E-state index >= 15 is 0 Å². The molecule has 0 aliphatic heterocycles. The molecule has 0 bridgehead atoms. The SMILES string of the molecule is CCCCOC(=O)c1ccc(O)c2c1C[C@H]1C[C@H]3CC(=O)C(C(N)=O)C(=O)C3(O)C(=O)C1C2=O. The highest BCUT2D eigenvalue weighted by Crippen LogP contribution is 2.50. The lowest BCUT2D eigenvalue weighted by molar-refractivity contribution is -0.175. The first-order valence-corrected chi connectivity index (χ1v) is 11.2. The highest BCUT2D eigenvalue weighted by atomic mass is 16.5. The van der Waals surface area contributed by atoms with Gasteiger partial charge in [-0.25, -0.2) is 4.79 Å². The average molecular weight is 471 g/mol. The molecule has 3 aliphatic rings. The normalized spacial score (nSPS) is 30.3. The number of primary amides is 1. The van der Waals surface area contributed by atoms with E-state index in [4.69, 9.17) is 10.5 Å². The maximum Gasteiger partial charge on any atom is 0.338 e. The summed E-state index contributed by atoms with van der Waals surface area (Å²) in [6, 6.07) is 2.51. The maximum absolute atomic E-state index is 13.4. The number of carbonyl (C=O) groups excluding carboxylic acids is 6. The number of aromatic hydroxyl groups is 1. The Labute approximate surface area is 194 Å². The summed E-state index contributed by atoms with van der Waals surface area (Å²) in [5, 5.41) is 21.6. The molecule has 0 heterocycles. The number of ketones is 4. The molecule has 180 valence electrons. The topological polar surface area (TPSA) is 178 Å². The molecule has 4 rings (SSSR count). The van der Waals surface area contributed by atoms with Crippen LogP contribution < -0.4 is 5.73 Å². The molecule has 2 saturated carbocycles. The summed E-state index contributed by atoms with van der Waals surface area (Å²) in [4.78, 5) is 76.4. The van der Waals surface area contributed by atoms with Crippen LogP contribution in [-0.2, 0) is 30.3 Å². The van der Waals surface area contributed by atoms with Crippen LogP contribution in [0.5, 0.6) is 5.75 Å². The zero-order chi connectivity index (χ0) is 24.9. The molecule has 4 N–H and O–H groups in total. The third-order valence-electron chi connectivity index (χ3n) is 7.24. The maximum atomic E-state index is 13.4. The first-order chi connectivity index (χ1) is 16.0. The minimum atomic E-state index is -2.70. The van der Waals surface area contributed by atoms with E-state index in [9.17, 15) is 39.0 Å². The van der Waals surface area contributed by atoms with Gasteiger partial charge in [-0.15, -0.1) is 0 Å². The third-order valence-corrected chi connectivity index (χ3v) is 7.24. The largest absolute Gasteiger partial charge is 0.507 e. The van der Waals surface area contributed by atoms with E-state index in [1.54, 1.807) is 0 Å². The van der Waals surface area contributed by atoms with Crippen molar-refractivity contribution < 1.29 is 43.7 Å². The Morgan fingerprint density at radius 2 is 1.85 bits per heavy atom. The van der Waals surface area contributed by atoms with Crippen LogP contribution in [0.4, 0.5) is 0 Å². The van der Waals surface area contributed by atoms with Gasteiger partial charge in [-0.05, 0) is 42.9 Å². The fourth-order valence-electron chi connectivity index (χ4n) is 5.55. The van der Waals surface area contributed by atoms with Gasteiger partial charge >= 0.3 is 5.97 Å². The van der Waals surface area contributed by atoms with Gasteiger partial charge in [-0.1, -0.05) is 13.3 Å². The van der Waals surface area contributed by atoms with E-state index in [0.29, 0.717) is 6.42 Å². The lowest BCUT2D eigenvalue weighted by Crippen LogP contribution is -2.68. The molecule has 5 atom stereocenters. The van der Waals surface area contributed by atoms with Crippen molar-refractivity contribution in [3.63, 3.8) is 0 Å². The highest BCUT2D eigenvalue weighted by Gasteiger charge is 2.66. The van der Waals surface area contributed by atoms with Gasteiger partial charge in [-0.2, -0.15) is 0 Å². The molecule has 3 aliphatic carbocycles. The number of unbranched alkanes of at least 4 members (excludes halogenated alkanes) is 1. The summed E-state index contributed by atoms with van der Waals surface area (Å²) in [7, 11) is 0. The van der Waals surface area contributed by atoms with E-state index in [0.717, 1.165) is 12.5 Å². The quantitative estimate of drug-likeness (QED) is 0.309. The Hall–Kier alpha value is -3.40. The summed E-state index contributed by atoms with van der Waals surface area (Å²) < 4.78 is 5.26. The molecule has 2 fully saturated rings. The second kappa shape index (κ2) is 8.43. The van der Waals surface area contributed by atoms with Crippen LogP contribution in [0.25, 0.3) is 0 Å². The number of hydrogen-bond donors (Lipinski definition) is 3. The van der Waals surface area contributed by atoms with E-state index in [1.165, 1.54) is 6.07 Å². The number of fused-ring (bicyclic) bond motifs is 3. The van der Waals surface area contributed by atoms with Gasteiger partial charge in [-0.3, -0.25) is 24.0 Å². The van der Waals surface area contributed by atoms with E-state index in [2.05, 4.69) is 0 Å². The molecule has 3 unspecified atom stereocenters. The lowest BCUT2D eigenvalue weighted by atomic mass is 9.53. The molecule has 0 aromatic heterocycles. The van der Waals surface area contributed by atoms with Crippen LogP contribution >= 0.6 is 0 Å². The van der Waals surface area contributed by atoms with Crippen LogP contribution in [0.1, 0.15) is 58.9 Å². The molecule has 0 saturated heterocycles. The number of aliphatic hydroxyl groups is 1. The second-order valence-corrected chi connectivity index (χ2v) is 9.21. The van der Waals surface area contributed by atoms with Crippen molar-refractivity contribution >= 4 is 35.0 Å². The Kier molecular flexibility index (Phi) is 5.89. The van der Waals surface area contributed by atoms with Crippen LogP contribution in [0.15, 0.2) is 12.1 Å². The van der Waals surface area contributed by atoms with Crippen LogP contribution in [0.2, 0.25) is 0 Å². The monoisotopic (exact) mass is 471 g/mol. The van der Waals surface area contributed by atoms with Gasteiger partial charge in [0.2, 0.25) is 5.91 Å².